The van der Waals surface area contributed by atoms with Gasteiger partial charge < -0.3 is 10.2 Å². The average molecular weight is 314 g/mol. The van der Waals surface area contributed by atoms with Crippen molar-refractivity contribution in [2.24, 2.45) is 5.92 Å². The molecule has 2 aliphatic rings. The van der Waals surface area contributed by atoms with Crippen molar-refractivity contribution in [2.45, 2.75) is 58.4 Å². The molecule has 1 saturated carbocycles. The van der Waals surface area contributed by atoms with E-state index in [2.05, 4.69) is 25.2 Å². The van der Waals surface area contributed by atoms with Gasteiger partial charge in [-0.05, 0) is 49.9 Å². The Morgan fingerprint density at radius 2 is 1.87 bits per heavy atom. The van der Waals surface area contributed by atoms with E-state index in [1.165, 1.54) is 17.5 Å². The SMILES string of the molecule is Cc1ccc(N2C[C@H](NC(=O)C3CCCCC3)CC2=O)cc1C. The summed E-state index contributed by atoms with van der Waals surface area (Å²) in [5.74, 6) is 0.390. The maximum atomic E-state index is 12.4. The lowest BCUT2D eigenvalue weighted by Crippen LogP contribution is -2.41. The average Bonchev–Trinajstić information content (AvgIpc) is 2.91. The molecule has 1 saturated heterocycles. The van der Waals surface area contributed by atoms with Gasteiger partial charge in [-0.2, -0.15) is 0 Å². The highest BCUT2D eigenvalue weighted by Crippen LogP contribution is 2.26. The van der Waals surface area contributed by atoms with Crippen molar-refractivity contribution in [2.75, 3.05) is 11.4 Å². The first-order valence-corrected chi connectivity index (χ1v) is 8.72. The summed E-state index contributed by atoms with van der Waals surface area (Å²) >= 11 is 0. The molecule has 0 aromatic heterocycles. The summed E-state index contributed by atoms with van der Waals surface area (Å²) in [4.78, 5) is 26.5. The topological polar surface area (TPSA) is 49.4 Å². The second-order valence-corrected chi connectivity index (χ2v) is 7.02. The van der Waals surface area contributed by atoms with Crippen molar-refractivity contribution in [1.82, 2.24) is 5.32 Å². The molecule has 0 spiro atoms. The standard InChI is InChI=1S/C19H26N2O2/c1-13-8-9-17(10-14(13)2)21-12-16(11-18(21)22)20-19(23)15-6-4-3-5-7-15/h8-10,15-16H,3-7,11-12H2,1-2H3,(H,20,23)/t16-/m1/s1. The molecule has 1 aliphatic heterocycles. The van der Waals surface area contributed by atoms with Crippen molar-refractivity contribution in [3.63, 3.8) is 0 Å². The monoisotopic (exact) mass is 314 g/mol. The van der Waals surface area contributed by atoms with Gasteiger partial charge in [0.25, 0.3) is 0 Å². The number of amides is 2. The highest BCUT2D eigenvalue weighted by molar-refractivity contribution is 5.97. The van der Waals surface area contributed by atoms with Crippen molar-refractivity contribution < 1.29 is 9.59 Å². The second kappa shape index (κ2) is 6.73. The lowest BCUT2D eigenvalue weighted by Gasteiger charge is -2.23. The van der Waals surface area contributed by atoms with Crippen LogP contribution < -0.4 is 10.2 Å². The summed E-state index contributed by atoms with van der Waals surface area (Å²) in [6, 6.07) is 6.04. The molecule has 2 amide bonds. The molecule has 0 unspecified atom stereocenters. The third kappa shape index (κ3) is 3.57. The molecule has 1 aromatic carbocycles. The minimum atomic E-state index is -0.0569. The lowest BCUT2D eigenvalue weighted by molar-refractivity contribution is -0.126. The van der Waals surface area contributed by atoms with Gasteiger partial charge in [0.1, 0.15) is 0 Å². The first-order chi connectivity index (χ1) is 11.0. The Balaban J connectivity index is 1.62. The van der Waals surface area contributed by atoms with Gasteiger partial charge in [0, 0.05) is 24.6 Å². The Labute approximate surface area is 138 Å². The Morgan fingerprint density at radius 3 is 2.57 bits per heavy atom. The van der Waals surface area contributed by atoms with Crippen LogP contribution in [0.15, 0.2) is 18.2 Å². The number of aryl methyl sites for hydroxylation is 2. The van der Waals surface area contributed by atoms with Crippen LogP contribution in [0.2, 0.25) is 0 Å². The van der Waals surface area contributed by atoms with E-state index in [0.717, 1.165) is 31.4 Å². The van der Waals surface area contributed by atoms with E-state index in [9.17, 15) is 9.59 Å². The summed E-state index contributed by atoms with van der Waals surface area (Å²) in [5, 5.41) is 3.10. The minimum Gasteiger partial charge on any atom is -0.351 e. The maximum Gasteiger partial charge on any atom is 0.229 e. The van der Waals surface area contributed by atoms with Crippen LogP contribution in [0, 0.1) is 19.8 Å². The van der Waals surface area contributed by atoms with E-state index in [1.54, 1.807) is 4.90 Å². The largest absolute Gasteiger partial charge is 0.351 e. The number of nitrogens with zero attached hydrogens (tertiary/aromatic N) is 1. The van der Waals surface area contributed by atoms with Gasteiger partial charge in [0.15, 0.2) is 0 Å². The van der Waals surface area contributed by atoms with Crippen LogP contribution in [-0.2, 0) is 9.59 Å². The van der Waals surface area contributed by atoms with E-state index in [-0.39, 0.29) is 23.8 Å². The zero-order valence-electron chi connectivity index (χ0n) is 14.1. The van der Waals surface area contributed by atoms with Gasteiger partial charge in [-0.3, -0.25) is 9.59 Å². The summed E-state index contributed by atoms with van der Waals surface area (Å²) < 4.78 is 0. The van der Waals surface area contributed by atoms with Crippen LogP contribution in [0.5, 0.6) is 0 Å². The summed E-state index contributed by atoms with van der Waals surface area (Å²) in [6.07, 6.45) is 5.94. The van der Waals surface area contributed by atoms with E-state index in [0.29, 0.717) is 13.0 Å². The fraction of sp³-hybridized carbons (Fsp3) is 0.579. The molecule has 0 radical (unpaired) electrons. The third-order valence-electron chi connectivity index (χ3n) is 5.25. The molecule has 4 heteroatoms. The molecule has 1 heterocycles. The molecule has 124 valence electrons. The Kier molecular flexibility index (Phi) is 4.69. The Bertz CT molecular complexity index is 605. The fourth-order valence-corrected chi connectivity index (χ4v) is 3.63. The van der Waals surface area contributed by atoms with Gasteiger partial charge in [0.2, 0.25) is 11.8 Å². The van der Waals surface area contributed by atoms with E-state index < -0.39 is 0 Å². The number of rotatable bonds is 3. The third-order valence-corrected chi connectivity index (χ3v) is 5.25. The molecule has 0 bridgehead atoms. The fourth-order valence-electron chi connectivity index (χ4n) is 3.63. The molecule has 4 nitrogen and oxygen atoms in total. The number of hydrogen-bond donors (Lipinski definition) is 1. The molecule has 1 atom stereocenters. The van der Waals surface area contributed by atoms with Crippen LogP contribution >= 0.6 is 0 Å². The number of benzene rings is 1. The highest BCUT2D eigenvalue weighted by Gasteiger charge is 2.33. The molecule has 1 N–H and O–H groups in total. The van der Waals surface area contributed by atoms with E-state index >= 15 is 0 Å². The number of carbonyl (C=O) groups is 2. The van der Waals surface area contributed by atoms with Crippen LogP contribution in [0.1, 0.15) is 49.7 Å². The van der Waals surface area contributed by atoms with E-state index in [4.69, 9.17) is 0 Å². The molecule has 1 aliphatic carbocycles. The predicted octanol–water partition coefficient (Wildman–Crippen LogP) is 3.11. The van der Waals surface area contributed by atoms with Crippen molar-refractivity contribution >= 4 is 17.5 Å². The number of anilines is 1. The van der Waals surface area contributed by atoms with Gasteiger partial charge in [0.05, 0.1) is 6.04 Å². The minimum absolute atomic E-state index is 0.0569. The molecule has 3 rings (SSSR count). The lowest BCUT2D eigenvalue weighted by atomic mass is 9.88. The molecular formula is C19H26N2O2. The van der Waals surface area contributed by atoms with Crippen molar-refractivity contribution in [1.29, 1.82) is 0 Å². The zero-order valence-corrected chi connectivity index (χ0v) is 14.1. The van der Waals surface area contributed by atoms with Gasteiger partial charge in [-0.1, -0.05) is 25.3 Å². The summed E-state index contributed by atoms with van der Waals surface area (Å²) in [7, 11) is 0. The summed E-state index contributed by atoms with van der Waals surface area (Å²) in [6.45, 7) is 4.71. The normalized spacial score (nSPS) is 22.4. The number of hydrogen-bond acceptors (Lipinski definition) is 2. The molecule has 2 fully saturated rings. The van der Waals surface area contributed by atoms with Crippen LogP contribution in [0.25, 0.3) is 0 Å². The van der Waals surface area contributed by atoms with Crippen molar-refractivity contribution in [3.05, 3.63) is 29.3 Å². The maximum absolute atomic E-state index is 12.4. The van der Waals surface area contributed by atoms with Gasteiger partial charge >= 0.3 is 0 Å². The zero-order chi connectivity index (χ0) is 16.4. The highest BCUT2D eigenvalue weighted by atomic mass is 16.2. The van der Waals surface area contributed by atoms with Gasteiger partial charge in [-0.15, -0.1) is 0 Å². The Morgan fingerprint density at radius 1 is 1.13 bits per heavy atom. The van der Waals surface area contributed by atoms with E-state index in [1.807, 2.05) is 12.1 Å². The van der Waals surface area contributed by atoms with Crippen LogP contribution in [-0.4, -0.2) is 24.4 Å². The van der Waals surface area contributed by atoms with Crippen LogP contribution in [0.4, 0.5) is 5.69 Å². The van der Waals surface area contributed by atoms with Gasteiger partial charge in [-0.25, -0.2) is 0 Å². The predicted molar refractivity (Wildman–Crippen MR) is 91.4 cm³/mol. The first kappa shape index (κ1) is 16.0. The molecule has 1 aromatic rings. The first-order valence-electron chi connectivity index (χ1n) is 8.72. The number of carbonyl (C=O) groups excluding carboxylic acids is 2. The van der Waals surface area contributed by atoms with Crippen molar-refractivity contribution in [3.8, 4) is 0 Å². The quantitative estimate of drug-likeness (QED) is 0.932. The second-order valence-electron chi connectivity index (χ2n) is 7.02. The smallest absolute Gasteiger partial charge is 0.229 e. The Hall–Kier alpha value is -1.84. The summed E-state index contributed by atoms with van der Waals surface area (Å²) in [5.41, 5.74) is 3.35. The molecular weight excluding hydrogens is 288 g/mol. The van der Waals surface area contributed by atoms with Crippen LogP contribution in [0.3, 0.4) is 0 Å². The molecule has 23 heavy (non-hydrogen) atoms. The number of nitrogens with one attached hydrogen (secondary N) is 1.